The normalized spacial score (nSPS) is 17.8. The Morgan fingerprint density at radius 3 is 2.44 bits per heavy atom. The first-order chi connectivity index (χ1) is 15.2. The van der Waals surface area contributed by atoms with E-state index in [1.165, 1.54) is 0 Å². The van der Waals surface area contributed by atoms with Gasteiger partial charge in [0.05, 0.1) is 23.2 Å². The van der Waals surface area contributed by atoms with Crippen LogP contribution in [0.25, 0.3) is 0 Å². The number of hydrogen-bond acceptors (Lipinski definition) is 5. The topological polar surface area (TPSA) is 79.0 Å². The van der Waals surface area contributed by atoms with Crippen LogP contribution >= 0.6 is 0 Å². The molecule has 0 atom stereocenters. The number of rotatable bonds is 11. The van der Waals surface area contributed by atoms with E-state index >= 15 is 0 Å². The van der Waals surface area contributed by atoms with Crippen molar-refractivity contribution in [1.29, 1.82) is 0 Å². The van der Waals surface area contributed by atoms with Crippen molar-refractivity contribution in [3.63, 3.8) is 0 Å². The minimum absolute atomic E-state index is 0.0933. The van der Waals surface area contributed by atoms with Crippen molar-refractivity contribution in [2.75, 3.05) is 31.5 Å². The van der Waals surface area contributed by atoms with Gasteiger partial charge in [-0.25, -0.2) is 8.42 Å². The monoisotopic (exact) mass is 465 g/mol. The minimum atomic E-state index is -3.59. The smallest absolute Gasteiger partial charge is 0.243 e. The SMILES string of the molecule is CC(C)CCN(CC(=O)Nc1cc(S(=O)(=O)N2CCCCC2)ccc1OC(C)C)C1CC1. The molecule has 1 saturated heterocycles. The average molecular weight is 466 g/mol. The number of sulfonamides is 1. The summed E-state index contributed by atoms with van der Waals surface area (Å²) in [6, 6.07) is 5.27. The van der Waals surface area contributed by atoms with Crippen LogP contribution < -0.4 is 10.1 Å². The van der Waals surface area contributed by atoms with E-state index in [0.717, 1.165) is 45.1 Å². The molecule has 1 aromatic carbocycles. The van der Waals surface area contributed by atoms with Gasteiger partial charge in [0.25, 0.3) is 0 Å². The van der Waals surface area contributed by atoms with E-state index in [2.05, 4.69) is 24.1 Å². The summed E-state index contributed by atoms with van der Waals surface area (Å²) in [5.74, 6) is 0.940. The summed E-state index contributed by atoms with van der Waals surface area (Å²) >= 11 is 0. The summed E-state index contributed by atoms with van der Waals surface area (Å²) in [4.78, 5) is 15.4. The summed E-state index contributed by atoms with van der Waals surface area (Å²) in [7, 11) is -3.59. The van der Waals surface area contributed by atoms with Crippen molar-refractivity contribution in [1.82, 2.24) is 9.21 Å². The number of carbonyl (C=O) groups excluding carboxylic acids is 1. The van der Waals surface area contributed by atoms with Crippen molar-refractivity contribution in [3.8, 4) is 5.75 Å². The highest BCUT2D eigenvalue weighted by Gasteiger charge is 2.31. The van der Waals surface area contributed by atoms with Gasteiger partial charge in [-0.3, -0.25) is 9.69 Å². The highest BCUT2D eigenvalue weighted by atomic mass is 32.2. The number of nitrogens with one attached hydrogen (secondary N) is 1. The third kappa shape index (κ3) is 6.93. The number of anilines is 1. The van der Waals surface area contributed by atoms with Gasteiger partial charge in [-0.05, 0) is 76.6 Å². The Kier molecular flexibility index (Phi) is 8.58. The lowest BCUT2D eigenvalue weighted by Gasteiger charge is -2.26. The molecule has 0 aromatic heterocycles. The zero-order valence-electron chi connectivity index (χ0n) is 20.0. The maximum Gasteiger partial charge on any atom is 0.243 e. The summed E-state index contributed by atoms with van der Waals surface area (Å²) in [6.45, 7) is 10.5. The lowest BCUT2D eigenvalue weighted by atomic mass is 10.1. The highest BCUT2D eigenvalue weighted by Crippen LogP contribution is 2.32. The molecule has 3 rings (SSSR count). The van der Waals surface area contributed by atoms with Crippen LogP contribution in [0.1, 0.15) is 66.2 Å². The Morgan fingerprint density at radius 1 is 1.16 bits per heavy atom. The fourth-order valence-electron chi connectivity index (χ4n) is 4.01. The number of nitrogens with zero attached hydrogens (tertiary/aromatic N) is 2. The largest absolute Gasteiger partial charge is 0.489 e. The second-order valence-electron chi connectivity index (χ2n) is 9.72. The summed E-state index contributed by atoms with van der Waals surface area (Å²) in [5, 5.41) is 2.94. The number of benzene rings is 1. The first kappa shape index (κ1) is 25.0. The number of ether oxygens (including phenoxy) is 1. The predicted molar refractivity (Wildman–Crippen MR) is 127 cm³/mol. The van der Waals surface area contributed by atoms with Gasteiger partial charge in [-0.15, -0.1) is 0 Å². The molecular weight excluding hydrogens is 426 g/mol. The fraction of sp³-hybridized carbons (Fsp3) is 0.708. The summed E-state index contributed by atoms with van der Waals surface area (Å²) in [5.41, 5.74) is 0.418. The Labute approximate surface area is 193 Å². The molecule has 180 valence electrons. The van der Waals surface area contributed by atoms with Crippen molar-refractivity contribution in [2.24, 2.45) is 5.92 Å². The van der Waals surface area contributed by atoms with Crippen LogP contribution in [0.5, 0.6) is 5.75 Å². The van der Waals surface area contributed by atoms with Gasteiger partial charge in [-0.2, -0.15) is 4.31 Å². The van der Waals surface area contributed by atoms with E-state index < -0.39 is 10.0 Å². The summed E-state index contributed by atoms with van der Waals surface area (Å²) in [6.07, 6.45) is 6.05. The van der Waals surface area contributed by atoms with Crippen molar-refractivity contribution >= 4 is 21.6 Å². The predicted octanol–water partition coefficient (Wildman–Crippen LogP) is 4.10. The molecule has 7 nitrogen and oxygen atoms in total. The van der Waals surface area contributed by atoms with Crippen LogP contribution in [0, 0.1) is 5.92 Å². The van der Waals surface area contributed by atoms with Crippen molar-refractivity contribution in [2.45, 2.75) is 83.3 Å². The Morgan fingerprint density at radius 2 is 1.84 bits per heavy atom. The van der Waals surface area contributed by atoms with Crippen molar-refractivity contribution < 1.29 is 17.9 Å². The van der Waals surface area contributed by atoms with Crippen LogP contribution in [0.4, 0.5) is 5.69 Å². The maximum absolute atomic E-state index is 13.1. The van der Waals surface area contributed by atoms with E-state index in [0.29, 0.717) is 43.0 Å². The van der Waals surface area contributed by atoms with E-state index in [1.807, 2.05) is 13.8 Å². The number of amides is 1. The molecule has 2 aliphatic rings. The van der Waals surface area contributed by atoms with Gasteiger partial charge in [0.2, 0.25) is 15.9 Å². The molecule has 32 heavy (non-hydrogen) atoms. The highest BCUT2D eigenvalue weighted by molar-refractivity contribution is 7.89. The van der Waals surface area contributed by atoms with Crippen LogP contribution in [0.15, 0.2) is 23.1 Å². The molecular formula is C24H39N3O4S. The lowest BCUT2D eigenvalue weighted by Crippen LogP contribution is -2.36. The number of piperidine rings is 1. The molecule has 1 N–H and O–H groups in total. The standard InChI is InChI=1S/C24H39N3O4S/c1-18(2)12-15-26(20-8-9-20)17-24(28)25-22-16-21(10-11-23(22)31-19(3)4)32(29,30)27-13-6-5-7-14-27/h10-11,16,18-20H,5-9,12-15,17H2,1-4H3,(H,25,28). The molecule has 1 aromatic rings. The molecule has 0 radical (unpaired) electrons. The Balaban J connectivity index is 1.78. The molecule has 1 aliphatic carbocycles. The molecule has 0 bridgehead atoms. The third-order valence-corrected chi connectivity index (χ3v) is 7.84. The van der Waals surface area contributed by atoms with Crippen molar-refractivity contribution in [3.05, 3.63) is 18.2 Å². The van der Waals surface area contributed by atoms with Crippen LogP contribution in [0.3, 0.4) is 0 Å². The van der Waals surface area contributed by atoms with Crippen LogP contribution in [-0.4, -0.2) is 61.9 Å². The molecule has 1 amide bonds. The quantitative estimate of drug-likeness (QED) is 0.532. The molecule has 1 heterocycles. The van der Waals surface area contributed by atoms with Crippen LogP contribution in [0.2, 0.25) is 0 Å². The van der Waals surface area contributed by atoms with E-state index in [9.17, 15) is 13.2 Å². The van der Waals surface area contributed by atoms with E-state index in [4.69, 9.17) is 4.74 Å². The van der Waals surface area contributed by atoms with Gasteiger partial charge >= 0.3 is 0 Å². The second-order valence-corrected chi connectivity index (χ2v) is 11.7. The number of hydrogen-bond donors (Lipinski definition) is 1. The first-order valence-electron chi connectivity index (χ1n) is 12.0. The van der Waals surface area contributed by atoms with Gasteiger partial charge < -0.3 is 10.1 Å². The Hall–Kier alpha value is -1.64. The first-order valence-corrected chi connectivity index (χ1v) is 13.5. The zero-order chi connectivity index (χ0) is 23.3. The van der Waals surface area contributed by atoms with Gasteiger partial charge in [0, 0.05) is 19.1 Å². The molecule has 1 saturated carbocycles. The molecule has 8 heteroatoms. The number of carbonyl (C=O) groups is 1. The Bertz CT molecular complexity index is 875. The maximum atomic E-state index is 13.1. The molecule has 1 aliphatic heterocycles. The average Bonchev–Trinajstić information content (AvgIpc) is 3.57. The summed E-state index contributed by atoms with van der Waals surface area (Å²) < 4.78 is 33.7. The third-order valence-electron chi connectivity index (χ3n) is 5.94. The minimum Gasteiger partial charge on any atom is -0.489 e. The van der Waals surface area contributed by atoms with Gasteiger partial charge in [0.15, 0.2) is 0 Å². The van der Waals surface area contributed by atoms with Gasteiger partial charge in [0.1, 0.15) is 5.75 Å². The second kappa shape index (κ2) is 11.0. The van der Waals surface area contributed by atoms with Crippen LogP contribution in [-0.2, 0) is 14.8 Å². The molecule has 0 unspecified atom stereocenters. The van der Waals surface area contributed by atoms with E-state index in [-0.39, 0.29) is 16.9 Å². The zero-order valence-corrected chi connectivity index (χ0v) is 20.8. The molecule has 2 fully saturated rings. The molecule has 0 spiro atoms. The van der Waals surface area contributed by atoms with E-state index in [1.54, 1.807) is 22.5 Å². The fourth-order valence-corrected chi connectivity index (χ4v) is 5.55. The van der Waals surface area contributed by atoms with Gasteiger partial charge in [-0.1, -0.05) is 20.3 Å². The lowest BCUT2D eigenvalue weighted by molar-refractivity contribution is -0.117.